The highest BCUT2D eigenvalue weighted by Crippen LogP contribution is 2.39. The van der Waals surface area contributed by atoms with Crippen molar-refractivity contribution in [3.05, 3.63) is 53.6 Å². The molecule has 0 radical (unpaired) electrons. The van der Waals surface area contributed by atoms with Gasteiger partial charge in [-0.2, -0.15) is 13.2 Å². The lowest BCUT2D eigenvalue weighted by Gasteiger charge is -2.28. The fraction of sp³-hybridized carbons (Fsp3) is 0.333. The van der Waals surface area contributed by atoms with Crippen LogP contribution < -0.4 is 16.8 Å². The second kappa shape index (κ2) is 7.84. The van der Waals surface area contributed by atoms with E-state index in [1.54, 1.807) is 0 Å². The minimum Gasteiger partial charge on any atom is -0.381 e. The van der Waals surface area contributed by atoms with Crippen molar-refractivity contribution >= 4 is 22.6 Å². The maximum Gasteiger partial charge on any atom is 0.431 e. The number of aromatic nitrogens is 2. The van der Waals surface area contributed by atoms with Crippen LogP contribution >= 0.6 is 0 Å². The van der Waals surface area contributed by atoms with Crippen LogP contribution in [0.2, 0.25) is 0 Å². The summed E-state index contributed by atoms with van der Waals surface area (Å²) in [5, 5.41) is 3.32. The van der Waals surface area contributed by atoms with Gasteiger partial charge < -0.3 is 16.8 Å². The quantitative estimate of drug-likeness (QED) is 0.540. The average molecular weight is 435 g/mol. The number of benzene rings is 1. The summed E-state index contributed by atoms with van der Waals surface area (Å²) in [7, 11) is 0. The molecule has 2 aromatic heterocycles. The molecule has 1 aliphatic carbocycles. The molecule has 1 fully saturated rings. The van der Waals surface area contributed by atoms with E-state index in [0.717, 1.165) is 35.6 Å². The van der Waals surface area contributed by atoms with E-state index in [4.69, 9.17) is 11.5 Å². The van der Waals surface area contributed by atoms with Gasteiger partial charge in [0.2, 0.25) is 0 Å². The Morgan fingerprint density at radius 3 is 2.35 bits per heavy atom. The Hall–Kier alpha value is -3.14. The van der Waals surface area contributed by atoms with Crippen molar-refractivity contribution in [1.82, 2.24) is 9.55 Å². The summed E-state index contributed by atoms with van der Waals surface area (Å²) in [6, 6.07) is 5.59. The van der Waals surface area contributed by atoms with Crippen LogP contribution in [0.15, 0.2) is 36.5 Å². The average Bonchev–Trinajstić information content (AvgIpc) is 3.11. The summed E-state index contributed by atoms with van der Waals surface area (Å²) in [6.45, 7) is 0. The van der Waals surface area contributed by atoms with Crippen LogP contribution in [0.1, 0.15) is 41.7 Å². The molecule has 0 spiro atoms. The SMILES string of the molecule is NC(=O)c1cnc2c(cc(C(F)(F)F)n2-c2ccc(F)cc2)c1NC1CCC(N)CC1. The monoisotopic (exact) mass is 435 g/mol. The van der Waals surface area contributed by atoms with Crippen LogP contribution in [0.5, 0.6) is 0 Å². The topological polar surface area (TPSA) is 99.0 Å². The van der Waals surface area contributed by atoms with E-state index in [0.29, 0.717) is 12.8 Å². The van der Waals surface area contributed by atoms with E-state index in [9.17, 15) is 22.4 Å². The molecule has 1 saturated carbocycles. The zero-order valence-electron chi connectivity index (χ0n) is 16.4. The zero-order chi connectivity index (χ0) is 22.3. The van der Waals surface area contributed by atoms with Crippen molar-refractivity contribution in [3.8, 4) is 5.69 Å². The zero-order valence-corrected chi connectivity index (χ0v) is 16.4. The van der Waals surface area contributed by atoms with E-state index in [-0.39, 0.29) is 40.1 Å². The molecule has 5 N–H and O–H groups in total. The van der Waals surface area contributed by atoms with Crippen LogP contribution in [0.4, 0.5) is 23.2 Å². The Morgan fingerprint density at radius 1 is 1.13 bits per heavy atom. The minimum absolute atomic E-state index is 0.00681. The number of nitrogens with two attached hydrogens (primary N) is 2. The standard InChI is InChI=1S/C21H21F4N5O/c22-11-1-7-14(8-2-11)30-17(21(23,24)25)9-15-18(16(19(27)31)10-28-20(15)30)29-13-5-3-12(26)4-6-13/h1-2,7-10,12-13H,3-6,26H2,(H2,27,31)(H,28,29). The summed E-state index contributed by atoms with van der Waals surface area (Å²) in [5.74, 6) is -1.37. The fourth-order valence-electron chi connectivity index (χ4n) is 4.02. The number of fused-ring (bicyclic) bond motifs is 1. The van der Waals surface area contributed by atoms with Gasteiger partial charge in [-0.25, -0.2) is 9.37 Å². The third-order valence-corrected chi connectivity index (χ3v) is 5.59. The maximum atomic E-state index is 13.9. The number of anilines is 1. The number of amides is 1. The Kier molecular flexibility index (Phi) is 5.34. The molecule has 4 rings (SSSR count). The highest BCUT2D eigenvalue weighted by molar-refractivity contribution is 6.06. The van der Waals surface area contributed by atoms with E-state index < -0.39 is 23.6 Å². The van der Waals surface area contributed by atoms with Gasteiger partial charge in [0, 0.05) is 29.4 Å². The molecule has 164 valence electrons. The summed E-state index contributed by atoms with van der Waals surface area (Å²) in [5.41, 5.74) is 10.7. The van der Waals surface area contributed by atoms with Gasteiger partial charge in [-0.3, -0.25) is 9.36 Å². The molecule has 0 atom stereocenters. The van der Waals surface area contributed by atoms with Crippen molar-refractivity contribution < 1.29 is 22.4 Å². The molecule has 3 aromatic rings. The first kappa shape index (κ1) is 21.1. The number of hydrogen-bond donors (Lipinski definition) is 3. The third kappa shape index (κ3) is 4.07. The smallest absolute Gasteiger partial charge is 0.381 e. The lowest BCUT2D eigenvalue weighted by Crippen LogP contribution is -2.33. The number of carbonyl (C=O) groups excluding carboxylic acids is 1. The fourth-order valence-corrected chi connectivity index (χ4v) is 4.02. The molecule has 1 amide bonds. The summed E-state index contributed by atoms with van der Waals surface area (Å²) in [6.07, 6.45) is -0.578. The number of pyridine rings is 1. The van der Waals surface area contributed by atoms with Gasteiger partial charge in [0.1, 0.15) is 17.2 Å². The molecular weight excluding hydrogens is 414 g/mol. The second-order valence-electron chi connectivity index (χ2n) is 7.74. The minimum atomic E-state index is -4.71. The van der Waals surface area contributed by atoms with E-state index in [2.05, 4.69) is 10.3 Å². The molecule has 6 nitrogen and oxygen atoms in total. The first-order chi connectivity index (χ1) is 14.6. The molecule has 0 bridgehead atoms. The molecule has 0 aliphatic heterocycles. The van der Waals surface area contributed by atoms with Crippen LogP contribution in [-0.4, -0.2) is 27.5 Å². The lowest BCUT2D eigenvalue weighted by atomic mass is 9.91. The molecule has 31 heavy (non-hydrogen) atoms. The number of hydrogen-bond acceptors (Lipinski definition) is 4. The molecule has 0 saturated heterocycles. The van der Waals surface area contributed by atoms with Crippen molar-refractivity contribution in [2.75, 3.05) is 5.32 Å². The van der Waals surface area contributed by atoms with Gasteiger partial charge >= 0.3 is 6.18 Å². The highest BCUT2D eigenvalue weighted by Gasteiger charge is 2.37. The van der Waals surface area contributed by atoms with Gasteiger partial charge in [-0.05, 0) is 56.0 Å². The Labute approximate surface area is 175 Å². The van der Waals surface area contributed by atoms with Crippen molar-refractivity contribution in [2.45, 2.75) is 43.9 Å². The number of primary amides is 1. The van der Waals surface area contributed by atoms with Crippen molar-refractivity contribution in [1.29, 1.82) is 0 Å². The van der Waals surface area contributed by atoms with Crippen molar-refractivity contribution in [3.63, 3.8) is 0 Å². The number of rotatable bonds is 4. The number of halogens is 4. The van der Waals surface area contributed by atoms with Gasteiger partial charge in [0.15, 0.2) is 0 Å². The Bertz CT molecular complexity index is 1120. The third-order valence-electron chi connectivity index (χ3n) is 5.59. The summed E-state index contributed by atoms with van der Waals surface area (Å²) in [4.78, 5) is 16.1. The summed E-state index contributed by atoms with van der Waals surface area (Å²) >= 11 is 0. The number of carbonyl (C=O) groups is 1. The Balaban J connectivity index is 1.92. The number of alkyl halides is 3. The van der Waals surface area contributed by atoms with Gasteiger partial charge in [-0.1, -0.05) is 0 Å². The lowest BCUT2D eigenvalue weighted by molar-refractivity contribution is -0.142. The highest BCUT2D eigenvalue weighted by atomic mass is 19.4. The van der Waals surface area contributed by atoms with Gasteiger partial charge in [-0.15, -0.1) is 0 Å². The molecule has 0 unspecified atom stereocenters. The van der Waals surface area contributed by atoms with E-state index in [1.807, 2.05) is 0 Å². The molecule has 1 aromatic carbocycles. The molecule has 2 heterocycles. The second-order valence-corrected chi connectivity index (χ2v) is 7.74. The van der Waals surface area contributed by atoms with Crippen LogP contribution in [0.3, 0.4) is 0 Å². The van der Waals surface area contributed by atoms with Gasteiger partial charge in [0.05, 0.1) is 11.3 Å². The van der Waals surface area contributed by atoms with E-state index >= 15 is 0 Å². The number of nitrogens with one attached hydrogen (secondary N) is 1. The molecule has 1 aliphatic rings. The van der Waals surface area contributed by atoms with Gasteiger partial charge in [0.25, 0.3) is 5.91 Å². The predicted octanol–water partition coefficient (Wildman–Crippen LogP) is 3.96. The number of nitrogens with zero attached hydrogens (tertiary/aromatic N) is 2. The van der Waals surface area contributed by atoms with Crippen LogP contribution in [-0.2, 0) is 6.18 Å². The first-order valence-corrected chi connectivity index (χ1v) is 9.84. The van der Waals surface area contributed by atoms with Crippen LogP contribution in [0, 0.1) is 5.82 Å². The predicted molar refractivity (Wildman–Crippen MR) is 108 cm³/mol. The maximum absolute atomic E-state index is 13.9. The first-order valence-electron chi connectivity index (χ1n) is 9.84. The van der Waals surface area contributed by atoms with E-state index in [1.165, 1.54) is 18.3 Å². The molecule has 10 heteroatoms. The van der Waals surface area contributed by atoms with Crippen LogP contribution in [0.25, 0.3) is 16.7 Å². The largest absolute Gasteiger partial charge is 0.431 e. The molecular formula is C21H21F4N5O. The van der Waals surface area contributed by atoms with Crippen molar-refractivity contribution in [2.24, 2.45) is 11.5 Å². The Morgan fingerprint density at radius 2 is 1.77 bits per heavy atom. The normalized spacial score (nSPS) is 19.5. The summed E-state index contributed by atoms with van der Waals surface area (Å²) < 4.78 is 55.9.